The van der Waals surface area contributed by atoms with Gasteiger partial charge in [-0.25, -0.2) is 8.78 Å². The molecule has 0 amide bonds. The van der Waals surface area contributed by atoms with Gasteiger partial charge < -0.3 is 5.73 Å². The van der Waals surface area contributed by atoms with Crippen LogP contribution >= 0.6 is 0 Å². The molecule has 0 aliphatic heterocycles. The van der Waals surface area contributed by atoms with Crippen LogP contribution in [0.5, 0.6) is 0 Å². The van der Waals surface area contributed by atoms with E-state index in [2.05, 4.69) is 0 Å². The van der Waals surface area contributed by atoms with Crippen molar-refractivity contribution in [1.82, 2.24) is 0 Å². The Hall–Kier alpha value is -0.180. The van der Waals surface area contributed by atoms with Crippen LogP contribution in [0.1, 0.15) is 33.1 Å². The van der Waals surface area contributed by atoms with E-state index >= 15 is 0 Å². The largest absolute Gasteiger partial charge is 0.328 e. The van der Waals surface area contributed by atoms with E-state index in [4.69, 9.17) is 5.73 Å². The molecular weight excluding hydrogens is 148 g/mol. The van der Waals surface area contributed by atoms with Crippen molar-refractivity contribution in [2.24, 2.45) is 11.7 Å². The zero-order valence-corrected chi connectivity index (χ0v) is 7.19. The summed E-state index contributed by atoms with van der Waals surface area (Å²) in [6.45, 7) is 3.79. The van der Waals surface area contributed by atoms with Crippen LogP contribution < -0.4 is 5.73 Å². The Labute approximate surface area is 67.0 Å². The Bertz CT molecular complexity index is 96.1. The first-order chi connectivity index (χ1) is 5.06. The maximum Gasteiger partial charge on any atom is 0.238 e. The van der Waals surface area contributed by atoms with Crippen molar-refractivity contribution in [3.05, 3.63) is 0 Å². The predicted octanol–water partition coefficient (Wildman–Crippen LogP) is 2.41. The molecule has 1 nitrogen and oxygen atoms in total. The van der Waals surface area contributed by atoms with Gasteiger partial charge in [-0.15, -0.1) is 0 Å². The normalized spacial score (nSPS) is 16.9. The van der Waals surface area contributed by atoms with Crippen LogP contribution in [0.4, 0.5) is 8.78 Å². The van der Waals surface area contributed by atoms with E-state index in [1.807, 2.05) is 13.8 Å². The van der Waals surface area contributed by atoms with Gasteiger partial charge in [0.1, 0.15) is 0 Å². The summed E-state index contributed by atoms with van der Waals surface area (Å²) >= 11 is 0. The molecule has 0 saturated heterocycles. The van der Waals surface area contributed by atoms with Crippen molar-refractivity contribution in [3.8, 4) is 0 Å². The monoisotopic (exact) mass is 165 g/mol. The maximum atomic E-state index is 11.8. The van der Waals surface area contributed by atoms with Gasteiger partial charge in [-0.3, -0.25) is 0 Å². The van der Waals surface area contributed by atoms with Gasteiger partial charge in [-0.05, 0) is 18.8 Å². The molecule has 0 saturated carbocycles. The third-order valence-electron chi connectivity index (χ3n) is 1.81. The van der Waals surface area contributed by atoms with E-state index in [1.165, 1.54) is 0 Å². The summed E-state index contributed by atoms with van der Waals surface area (Å²) in [5.74, 6) is 0.0462. The summed E-state index contributed by atoms with van der Waals surface area (Å²) in [6.07, 6.45) is -0.628. The van der Waals surface area contributed by atoms with Gasteiger partial charge in [0.25, 0.3) is 0 Å². The van der Waals surface area contributed by atoms with Crippen molar-refractivity contribution in [2.45, 2.75) is 45.6 Å². The number of nitrogens with two attached hydrogens (primary N) is 1. The smallest absolute Gasteiger partial charge is 0.238 e. The second-order valence-electron chi connectivity index (χ2n) is 3.14. The van der Waals surface area contributed by atoms with E-state index in [0.717, 1.165) is 6.42 Å². The number of alkyl halides is 2. The van der Waals surface area contributed by atoms with Crippen molar-refractivity contribution in [1.29, 1.82) is 0 Å². The van der Waals surface area contributed by atoms with E-state index in [0.29, 0.717) is 6.42 Å². The van der Waals surface area contributed by atoms with Gasteiger partial charge in [-0.2, -0.15) is 0 Å². The van der Waals surface area contributed by atoms with Crippen molar-refractivity contribution < 1.29 is 8.78 Å². The third-order valence-corrected chi connectivity index (χ3v) is 1.81. The minimum absolute atomic E-state index is 0.0201. The molecule has 0 heterocycles. The number of hydrogen-bond acceptors (Lipinski definition) is 1. The molecule has 0 aromatic carbocycles. The molecule has 0 aliphatic rings. The number of halogens is 2. The number of rotatable bonds is 5. The molecule has 0 aromatic rings. The quantitative estimate of drug-likeness (QED) is 0.665. The molecule has 0 rings (SSSR count). The first kappa shape index (κ1) is 10.8. The fourth-order valence-electron chi connectivity index (χ4n) is 1.08. The molecule has 3 heteroatoms. The van der Waals surface area contributed by atoms with Gasteiger partial charge in [0.2, 0.25) is 6.43 Å². The lowest BCUT2D eigenvalue weighted by Gasteiger charge is -2.14. The Morgan fingerprint density at radius 1 is 1.27 bits per heavy atom. The topological polar surface area (TPSA) is 26.0 Å². The summed E-state index contributed by atoms with van der Waals surface area (Å²) in [6, 6.07) is 0.0868. The second kappa shape index (κ2) is 5.47. The molecule has 2 unspecified atom stereocenters. The van der Waals surface area contributed by atoms with Crippen molar-refractivity contribution in [2.75, 3.05) is 0 Å². The zero-order valence-electron chi connectivity index (χ0n) is 7.19. The average molecular weight is 165 g/mol. The van der Waals surface area contributed by atoms with Gasteiger partial charge >= 0.3 is 0 Å². The second-order valence-corrected chi connectivity index (χ2v) is 3.14. The van der Waals surface area contributed by atoms with E-state index in [-0.39, 0.29) is 18.4 Å². The summed E-state index contributed by atoms with van der Waals surface area (Å²) in [7, 11) is 0. The molecule has 2 N–H and O–H groups in total. The minimum atomic E-state index is -2.19. The molecule has 0 fully saturated rings. The summed E-state index contributed by atoms with van der Waals surface area (Å²) in [5.41, 5.74) is 5.60. The minimum Gasteiger partial charge on any atom is -0.328 e. The third kappa shape index (κ3) is 6.23. The van der Waals surface area contributed by atoms with Gasteiger partial charge in [0.05, 0.1) is 0 Å². The molecular formula is C8H17F2N. The fraction of sp³-hybridized carbons (Fsp3) is 1.00. The van der Waals surface area contributed by atoms with Gasteiger partial charge in [0, 0.05) is 12.5 Å². The Morgan fingerprint density at radius 2 is 1.82 bits per heavy atom. The Morgan fingerprint density at radius 3 is 2.18 bits per heavy atom. The van der Waals surface area contributed by atoms with Crippen LogP contribution in [0.3, 0.4) is 0 Å². The first-order valence-electron chi connectivity index (χ1n) is 4.10. The first-order valence-corrected chi connectivity index (χ1v) is 4.10. The molecule has 2 atom stereocenters. The van der Waals surface area contributed by atoms with Crippen LogP contribution in [0.25, 0.3) is 0 Å². The van der Waals surface area contributed by atoms with E-state index in [1.54, 1.807) is 0 Å². The lowest BCUT2D eigenvalue weighted by Crippen LogP contribution is -2.22. The van der Waals surface area contributed by atoms with Crippen LogP contribution in [0.15, 0.2) is 0 Å². The Balaban J connectivity index is 3.43. The van der Waals surface area contributed by atoms with Gasteiger partial charge in [-0.1, -0.05) is 13.8 Å². The van der Waals surface area contributed by atoms with Crippen LogP contribution in [0, 0.1) is 5.92 Å². The summed E-state index contributed by atoms with van der Waals surface area (Å²) in [4.78, 5) is 0. The molecule has 0 spiro atoms. The lowest BCUT2D eigenvalue weighted by atomic mass is 9.98. The van der Waals surface area contributed by atoms with Crippen LogP contribution in [-0.4, -0.2) is 12.5 Å². The zero-order chi connectivity index (χ0) is 8.85. The molecule has 68 valence electrons. The van der Waals surface area contributed by atoms with E-state index < -0.39 is 6.43 Å². The van der Waals surface area contributed by atoms with Crippen LogP contribution in [0.2, 0.25) is 0 Å². The highest BCUT2D eigenvalue weighted by atomic mass is 19.3. The summed E-state index contributed by atoms with van der Waals surface area (Å²) in [5, 5.41) is 0. The van der Waals surface area contributed by atoms with Gasteiger partial charge in [0.15, 0.2) is 0 Å². The van der Waals surface area contributed by atoms with E-state index in [9.17, 15) is 8.78 Å². The standard InChI is InChI=1S/C8H17F2N/c1-3-7(11)4-6(2)5-8(9)10/h6-8H,3-5,11H2,1-2H3. The molecule has 11 heavy (non-hydrogen) atoms. The average Bonchev–Trinajstić information content (AvgIpc) is 1.85. The molecule has 0 bridgehead atoms. The fourth-order valence-corrected chi connectivity index (χ4v) is 1.08. The summed E-state index contributed by atoms with van der Waals surface area (Å²) < 4.78 is 23.6. The highest BCUT2D eigenvalue weighted by Gasteiger charge is 2.12. The van der Waals surface area contributed by atoms with Crippen LogP contribution in [-0.2, 0) is 0 Å². The molecule has 0 aliphatic carbocycles. The van der Waals surface area contributed by atoms with Crippen molar-refractivity contribution >= 4 is 0 Å². The highest BCUT2D eigenvalue weighted by molar-refractivity contribution is 4.64. The highest BCUT2D eigenvalue weighted by Crippen LogP contribution is 2.15. The predicted molar refractivity (Wildman–Crippen MR) is 42.7 cm³/mol. The molecule has 0 aromatic heterocycles. The Kier molecular flexibility index (Phi) is 5.38. The number of hydrogen-bond donors (Lipinski definition) is 1. The SMILES string of the molecule is CCC(N)CC(C)CC(F)F. The maximum absolute atomic E-state index is 11.8. The molecule has 0 radical (unpaired) electrons. The van der Waals surface area contributed by atoms with Crippen molar-refractivity contribution in [3.63, 3.8) is 0 Å². The lowest BCUT2D eigenvalue weighted by molar-refractivity contribution is 0.114.